The second-order valence-electron chi connectivity index (χ2n) is 4.40. The molecule has 2 rings (SSSR count). The van der Waals surface area contributed by atoms with E-state index < -0.39 is 0 Å². The Hall–Kier alpha value is -1.31. The summed E-state index contributed by atoms with van der Waals surface area (Å²) in [5, 5.41) is 2.97. The summed E-state index contributed by atoms with van der Waals surface area (Å²) in [6.07, 6.45) is 1.53. The van der Waals surface area contributed by atoms with Crippen LogP contribution in [0.5, 0.6) is 0 Å². The van der Waals surface area contributed by atoms with Crippen molar-refractivity contribution in [2.75, 3.05) is 5.32 Å². The third-order valence-electron chi connectivity index (χ3n) is 3.04. The van der Waals surface area contributed by atoms with Gasteiger partial charge in [-0.2, -0.15) is 0 Å². The summed E-state index contributed by atoms with van der Waals surface area (Å²) in [6.45, 7) is 6.46. The molecule has 0 atom stereocenters. The molecule has 0 aromatic heterocycles. The van der Waals surface area contributed by atoms with Gasteiger partial charge in [0, 0.05) is 5.69 Å². The van der Waals surface area contributed by atoms with Gasteiger partial charge in [0.2, 0.25) is 5.91 Å². The van der Waals surface area contributed by atoms with E-state index in [0.717, 1.165) is 12.1 Å². The summed E-state index contributed by atoms with van der Waals surface area (Å²) in [6, 6.07) is 4.31. The number of nitrogens with one attached hydrogen (secondary N) is 1. The molecule has 1 aromatic carbocycles. The molecule has 1 aliphatic heterocycles. The highest BCUT2D eigenvalue weighted by atomic mass is 16.1. The molecule has 0 saturated carbocycles. The first kappa shape index (κ1) is 10.2. The van der Waals surface area contributed by atoms with Crippen LogP contribution in [0.4, 0.5) is 5.69 Å². The minimum atomic E-state index is 0.132. The van der Waals surface area contributed by atoms with E-state index in [4.69, 9.17) is 0 Å². The van der Waals surface area contributed by atoms with Gasteiger partial charge in [-0.15, -0.1) is 0 Å². The molecular formula is C13H17NO. The van der Waals surface area contributed by atoms with E-state index in [1.807, 2.05) is 0 Å². The van der Waals surface area contributed by atoms with Gasteiger partial charge in [0.1, 0.15) is 0 Å². The Morgan fingerprint density at radius 3 is 2.73 bits per heavy atom. The van der Waals surface area contributed by atoms with Crippen molar-refractivity contribution >= 4 is 11.6 Å². The van der Waals surface area contributed by atoms with Gasteiger partial charge in [0.05, 0.1) is 6.42 Å². The van der Waals surface area contributed by atoms with Crippen molar-refractivity contribution in [1.82, 2.24) is 0 Å². The fourth-order valence-electron chi connectivity index (χ4n) is 2.24. The van der Waals surface area contributed by atoms with Gasteiger partial charge < -0.3 is 5.32 Å². The molecular weight excluding hydrogens is 186 g/mol. The molecule has 0 radical (unpaired) electrons. The summed E-state index contributed by atoms with van der Waals surface area (Å²) in [4.78, 5) is 11.4. The SMILES string of the molecule is CCc1ccc(C(C)C)c2c1NC(=O)C2. The fraction of sp³-hybridized carbons (Fsp3) is 0.462. The van der Waals surface area contributed by atoms with Gasteiger partial charge in [-0.05, 0) is 29.0 Å². The molecule has 0 saturated heterocycles. The molecule has 0 bridgehead atoms. The van der Waals surface area contributed by atoms with Crippen molar-refractivity contribution < 1.29 is 4.79 Å². The van der Waals surface area contributed by atoms with Crippen LogP contribution in [-0.4, -0.2) is 5.91 Å². The first-order valence-electron chi connectivity index (χ1n) is 5.58. The third-order valence-corrected chi connectivity index (χ3v) is 3.04. The number of hydrogen-bond donors (Lipinski definition) is 1. The van der Waals surface area contributed by atoms with Crippen LogP contribution in [-0.2, 0) is 17.6 Å². The van der Waals surface area contributed by atoms with Crippen molar-refractivity contribution in [3.63, 3.8) is 0 Å². The third kappa shape index (κ3) is 1.65. The number of aryl methyl sites for hydroxylation is 1. The van der Waals surface area contributed by atoms with Crippen molar-refractivity contribution in [2.24, 2.45) is 0 Å². The first-order valence-corrected chi connectivity index (χ1v) is 5.58. The second-order valence-corrected chi connectivity index (χ2v) is 4.40. The van der Waals surface area contributed by atoms with Crippen molar-refractivity contribution in [1.29, 1.82) is 0 Å². The predicted octanol–water partition coefficient (Wildman–Crippen LogP) is 2.87. The molecule has 1 N–H and O–H groups in total. The molecule has 0 spiro atoms. The van der Waals surface area contributed by atoms with Gasteiger partial charge in [-0.25, -0.2) is 0 Å². The van der Waals surface area contributed by atoms with Crippen LogP contribution in [0.15, 0.2) is 12.1 Å². The number of hydrogen-bond acceptors (Lipinski definition) is 1. The lowest BCUT2D eigenvalue weighted by Gasteiger charge is -2.13. The summed E-state index contributed by atoms with van der Waals surface area (Å²) in [5.74, 6) is 0.616. The van der Waals surface area contributed by atoms with Crippen LogP contribution in [0.3, 0.4) is 0 Å². The Morgan fingerprint density at radius 2 is 2.13 bits per heavy atom. The highest BCUT2D eigenvalue weighted by Crippen LogP contribution is 2.34. The Morgan fingerprint density at radius 1 is 1.40 bits per heavy atom. The highest BCUT2D eigenvalue weighted by molar-refractivity contribution is 6.00. The van der Waals surface area contributed by atoms with Crippen LogP contribution >= 0.6 is 0 Å². The summed E-state index contributed by atoms with van der Waals surface area (Å²) >= 11 is 0. The van der Waals surface area contributed by atoms with Crippen LogP contribution in [0.25, 0.3) is 0 Å². The molecule has 2 heteroatoms. The molecule has 1 amide bonds. The molecule has 15 heavy (non-hydrogen) atoms. The Kier molecular flexibility index (Phi) is 2.51. The van der Waals surface area contributed by atoms with Gasteiger partial charge in [-0.3, -0.25) is 4.79 Å². The molecule has 1 aromatic rings. The minimum Gasteiger partial charge on any atom is -0.325 e. The van der Waals surface area contributed by atoms with Crippen molar-refractivity contribution in [2.45, 2.75) is 39.5 Å². The number of fused-ring (bicyclic) bond motifs is 1. The van der Waals surface area contributed by atoms with E-state index in [-0.39, 0.29) is 5.91 Å². The maximum absolute atomic E-state index is 11.4. The molecule has 2 nitrogen and oxygen atoms in total. The van der Waals surface area contributed by atoms with Crippen LogP contribution < -0.4 is 5.32 Å². The summed E-state index contributed by atoms with van der Waals surface area (Å²) < 4.78 is 0. The van der Waals surface area contributed by atoms with Gasteiger partial charge in [0.15, 0.2) is 0 Å². The Labute approximate surface area is 90.7 Å². The molecule has 1 heterocycles. The molecule has 1 aliphatic rings. The van der Waals surface area contributed by atoms with Gasteiger partial charge in [0.25, 0.3) is 0 Å². The minimum absolute atomic E-state index is 0.132. The number of rotatable bonds is 2. The van der Waals surface area contributed by atoms with E-state index in [0.29, 0.717) is 12.3 Å². The maximum Gasteiger partial charge on any atom is 0.228 e. The van der Waals surface area contributed by atoms with Crippen molar-refractivity contribution in [3.05, 3.63) is 28.8 Å². The molecule has 0 aliphatic carbocycles. The van der Waals surface area contributed by atoms with Crippen molar-refractivity contribution in [3.8, 4) is 0 Å². The largest absolute Gasteiger partial charge is 0.325 e. The van der Waals surface area contributed by atoms with Gasteiger partial charge in [-0.1, -0.05) is 32.9 Å². The zero-order chi connectivity index (χ0) is 11.0. The van der Waals surface area contributed by atoms with Crippen LogP contribution in [0.1, 0.15) is 43.4 Å². The van der Waals surface area contributed by atoms with E-state index >= 15 is 0 Å². The number of carbonyl (C=O) groups excluding carboxylic acids is 1. The maximum atomic E-state index is 11.4. The number of amides is 1. The van der Waals surface area contributed by atoms with E-state index in [9.17, 15) is 4.79 Å². The number of carbonyl (C=O) groups is 1. The lowest BCUT2D eigenvalue weighted by molar-refractivity contribution is -0.115. The van der Waals surface area contributed by atoms with Crippen LogP contribution in [0.2, 0.25) is 0 Å². The normalized spacial score (nSPS) is 14.3. The molecule has 0 unspecified atom stereocenters. The second kappa shape index (κ2) is 3.69. The smallest absolute Gasteiger partial charge is 0.228 e. The standard InChI is InChI=1S/C13H17NO/c1-4-9-5-6-10(8(2)3)11-7-12(15)14-13(9)11/h5-6,8H,4,7H2,1-3H3,(H,14,15). The lowest BCUT2D eigenvalue weighted by Crippen LogP contribution is -2.04. The number of benzene rings is 1. The zero-order valence-corrected chi connectivity index (χ0v) is 9.55. The zero-order valence-electron chi connectivity index (χ0n) is 9.55. The molecule has 0 fully saturated rings. The average molecular weight is 203 g/mol. The van der Waals surface area contributed by atoms with Crippen LogP contribution in [0, 0.1) is 0 Å². The number of anilines is 1. The molecule has 80 valence electrons. The van der Waals surface area contributed by atoms with Gasteiger partial charge >= 0.3 is 0 Å². The quantitative estimate of drug-likeness (QED) is 0.786. The Bertz CT molecular complexity index is 407. The Balaban J connectivity index is 2.56. The topological polar surface area (TPSA) is 29.1 Å². The van der Waals surface area contributed by atoms with E-state index in [1.54, 1.807) is 0 Å². The summed E-state index contributed by atoms with van der Waals surface area (Å²) in [5.41, 5.74) is 4.85. The monoisotopic (exact) mass is 203 g/mol. The van der Waals surface area contributed by atoms with E-state index in [2.05, 4.69) is 38.2 Å². The highest BCUT2D eigenvalue weighted by Gasteiger charge is 2.23. The first-order chi connectivity index (χ1) is 7.13. The average Bonchev–Trinajstić information content (AvgIpc) is 2.56. The van der Waals surface area contributed by atoms with E-state index in [1.165, 1.54) is 16.7 Å². The fourth-order valence-corrected chi connectivity index (χ4v) is 2.24. The lowest BCUT2D eigenvalue weighted by atomic mass is 9.93. The predicted molar refractivity (Wildman–Crippen MR) is 62.2 cm³/mol. The summed E-state index contributed by atoms with van der Waals surface area (Å²) in [7, 11) is 0.